The van der Waals surface area contributed by atoms with Gasteiger partial charge in [0.1, 0.15) is 0 Å². The normalized spacial score (nSPS) is 11.3. The van der Waals surface area contributed by atoms with Crippen LogP contribution in [0, 0.1) is 0 Å². The van der Waals surface area contributed by atoms with Crippen molar-refractivity contribution in [1.29, 1.82) is 0 Å². The third kappa shape index (κ3) is 5.41. The van der Waals surface area contributed by atoms with Crippen molar-refractivity contribution >= 4 is 35.1 Å². The fraction of sp³-hybridized carbons (Fsp3) is 0.333. The molecule has 0 aliphatic carbocycles. The molecule has 2 aromatic rings. The molecule has 0 radical (unpaired) electrons. The van der Waals surface area contributed by atoms with Crippen molar-refractivity contribution in [2.45, 2.75) is 6.54 Å². The lowest BCUT2D eigenvalue weighted by Gasteiger charge is -2.22. The van der Waals surface area contributed by atoms with Crippen molar-refractivity contribution in [1.82, 2.24) is 20.1 Å². The number of carbonyl (C=O) groups excluding carboxylic acids is 1. The maximum absolute atomic E-state index is 12.1. The Morgan fingerprint density at radius 1 is 1.19 bits per heavy atom. The largest absolute Gasteiger partial charge is 0.354 e. The van der Waals surface area contributed by atoms with E-state index in [9.17, 15) is 4.79 Å². The molecule has 0 atom stereocenters. The molecule has 0 aliphatic rings. The van der Waals surface area contributed by atoms with Crippen LogP contribution >= 0.6 is 23.2 Å². The van der Waals surface area contributed by atoms with E-state index in [1.807, 2.05) is 31.3 Å². The Hall–Kier alpha value is -2.18. The number of aromatic nitrogens is 1. The van der Waals surface area contributed by atoms with Crippen LogP contribution in [0.5, 0.6) is 0 Å². The molecular formula is C18H23Cl2N5O. The Balaban J connectivity index is 1.79. The molecule has 0 spiro atoms. The topological polar surface area (TPSA) is 61.7 Å². The van der Waals surface area contributed by atoms with Crippen LogP contribution in [-0.2, 0) is 13.6 Å². The van der Waals surface area contributed by atoms with E-state index in [1.165, 1.54) is 5.69 Å². The first kappa shape index (κ1) is 20.1. The summed E-state index contributed by atoms with van der Waals surface area (Å²) in [7, 11) is 5.71. The number of aliphatic imine (C=N–C) groups is 1. The number of guanidine groups is 1. The lowest BCUT2D eigenvalue weighted by Crippen LogP contribution is -2.42. The van der Waals surface area contributed by atoms with Crippen molar-refractivity contribution in [2.24, 2.45) is 12.0 Å². The second kappa shape index (κ2) is 9.50. The maximum atomic E-state index is 12.1. The highest BCUT2D eigenvalue weighted by atomic mass is 35.5. The molecule has 0 fully saturated rings. The summed E-state index contributed by atoms with van der Waals surface area (Å²) >= 11 is 11.8. The first-order chi connectivity index (χ1) is 12.4. The van der Waals surface area contributed by atoms with Crippen molar-refractivity contribution in [2.75, 3.05) is 27.2 Å². The smallest absolute Gasteiger partial charge is 0.251 e. The number of benzene rings is 1. The van der Waals surface area contributed by atoms with E-state index in [1.54, 1.807) is 25.2 Å². The predicted molar refractivity (Wildman–Crippen MR) is 107 cm³/mol. The van der Waals surface area contributed by atoms with Gasteiger partial charge in [0.2, 0.25) is 0 Å². The number of rotatable bonds is 6. The van der Waals surface area contributed by atoms with Gasteiger partial charge in [-0.3, -0.25) is 9.79 Å². The van der Waals surface area contributed by atoms with Crippen LogP contribution in [0.2, 0.25) is 10.0 Å². The van der Waals surface area contributed by atoms with E-state index in [2.05, 4.69) is 26.3 Å². The number of hydrogen-bond acceptors (Lipinski definition) is 2. The Labute approximate surface area is 163 Å². The highest BCUT2D eigenvalue weighted by molar-refractivity contribution is 6.42. The van der Waals surface area contributed by atoms with Crippen LogP contribution in [0.15, 0.2) is 41.5 Å². The lowest BCUT2D eigenvalue weighted by molar-refractivity contribution is 0.0954. The van der Waals surface area contributed by atoms with E-state index in [0.29, 0.717) is 28.7 Å². The average molecular weight is 396 g/mol. The highest BCUT2D eigenvalue weighted by Crippen LogP contribution is 2.22. The summed E-state index contributed by atoms with van der Waals surface area (Å²) < 4.78 is 2.07. The minimum absolute atomic E-state index is 0.197. The van der Waals surface area contributed by atoms with Crippen LogP contribution in [0.4, 0.5) is 0 Å². The first-order valence-corrected chi connectivity index (χ1v) is 8.93. The molecular weight excluding hydrogens is 373 g/mol. The van der Waals surface area contributed by atoms with Gasteiger partial charge in [-0.25, -0.2) is 0 Å². The summed E-state index contributed by atoms with van der Waals surface area (Å²) in [6, 6.07) is 8.89. The summed E-state index contributed by atoms with van der Waals surface area (Å²) in [6.07, 6.45) is 2.01. The molecule has 140 valence electrons. The molecule has 1 heterocycles. The zero-order valence-corrected chi connectivity index (χ0v) is 16.6. The second-order valence-corrected chi connectivity index (χ2v) is 6.64. The predicted octanol–water partition coefficient (Wildman–Crippen LogP) is 2.77. The monoisotopic (exact) mass is 395 g/mol. The molecule has 8 heteroatoms. The first-order valence-electron chi connectivity index (χ1n) is 8.17. The van der Waals surface area contributed by atoms with Crippen molar-refractivity contribution in [3.8, 4) is 0 Å². The van der Waals surface area contributed by atoms with E-state index in [-0.39, 0.29) is 5.91 Å². The van der Waals surface area contributed by atoms with Gasteiger partial charge in [0, 0.05) is 51.7 Å². The molecule has 2 rings (SSSR count). The lowest BCUT2D eigenvalue weighted by atomic mass is 10.2. The number of nitrogens with one attached hydrogen (secondary N) is 2. The molecule has 1 amide bonds. The Kier molecular flexibility index (Phi) is 7.36. The number of hydrogen-bond donors (Lipinski definition) is 2. The van der Waals surface area contributed by atoms with Crippen molar-refractivity contribution < 1.29 is 4.79 Å². The van der Waals surface area contributed by atoms with E-state index in [4.69, 9.17) is 23.2 Å². The SMILES string of the molecule is CN=C(NCCNC(=O)c1ccc(Cl)c(Cl)c1)N(C)Cc1cccn1C. The molecule has 2 N–H and O–H groups in total. The number of nitrogens with zero attached hydrogens (tertiary/aromatic N) is 3. The highest BCUT2D eigenvalue weighted by Gasteiger charge is 2.10. The van der Waals surface area contributed by atoms with Gasteiger partial charge in [0.05, 0.1) is 16.6 Å². The van der Waals surface area contributed by atoms with Crippen LogP contribution in [-0.4, -0.2) is 48.5 Å². The molecule has 0 saturated carbocycles. The van der Waals surface area contributed by atoms with E-state index < -0.39 is 0 Å². The molecule has 0 aliphatic heterocycles. The summed E-state index contributed by atoms with van der Waals surface area (Å²) in [5, 5.41) is 6.86. The number of halogens is 2. The molecule has 6 nitrogen and oxygen atoms in total. The zero-order valence-electron chi connectivity index (χ0n) is 15.1. The Bertz CT molecular complexity index is 788. The fourth-order valence-corrected chi connectivity index (χ4v) is 2.75. The summed E-state index contributed by atoms with van der Waals surface area (Å²) in [5.41, 5.74) is 1.66. The number of amides is 1. The van der Waals surface area contributed by atoms with Gasteiger partial charge in [-0.1, -0.05) is 23.2 Å². The number of aryl methyl sites for hydroxylation is 1. The molecule has 1 aromatic heterocycles. The third-order valence-electron chi connectivity index (χ3n) is 3.90. The van der Waals surface area contributed by atoms with E-state index in [0.717, 1.165) is 12.5 Å². The minimum Gasteiger partial charge on any atom is -0.354 e. The van der Waals surface area contributed by atoms with Crippen LogP contribution in [0.25, 0.3) is 0 Å². The van der Waals surface area contributed by atoms with Crippen LogP contribution < -0.4 is 10.6 Å². The van der Waals surface area contributed by atoms with Gasteiger partial charge in [0.25, 0.3) is 5.91 Å². The Morgan fingerprint density at radius 3 is 2.54 bits per heavy atom. The summed E-state index contributed by atoms with van der Waals surface area (Å²) in [5.74, 6) is 0.563. The van der Waals surface area contributed by atoms with Crippen LogP contribution in [0.3, 0.4) is 0 Å². The van der Waals surface area contributed by atoms with Gasteiger partial charge < -0.3 is 20.1 Å². The van der Waals surface area contributed by atoms with Gasteiger partial charge in [-0.15, -0.1) is 0 Å². The van der Waals surface area contributed by atoms with Gasteiger partial charge >= 0.3 is 0 Å². The molecule has 0 unspecified atom stereocenters. The van der Waals surface area contributed by atoms with Crippen LogP contribution in [0.1, 0.15) is 16.1 Å². The maximum Gasteiger partial charge on any atom is 0.251 e. The van der Waals surface area contributed by atoms with E-state index >= 15 is 0 Å². The quantitative estimate of drug-likeness (QED) is 0.449. The second-order valence-electron chi connectivity index (χ2n) is 5.83. The standard InChI is InChI=1S/C18H23Cl2N5O/c1-21-18(25(3)12-14-5-4-10-24(14)2)23-9-8-22-17(26)13-6-7-15(19)16(20)11-13/h4-7,10-11H,8-9,12H2,1-3H3,(H,21,23)(H,22,26). The van der Waals surface area contributed by atoms with Gasteiger partial charge in [-0.05, 0) is 30.3 Å². The third-order valence-corrected chi connectivity index (χ3v) is 4.64. The molecule has 26 heavy (non-hydrogen) atoms. The average Bonchev–Trinajstić information content (AvgIpc) is 3.01. The van der Waals surface area contributed by atoms with Gasteiger partial charge in [-0.2, -0.15) is 0 Å². The van der Waals surface area contributed by atoms with Gasteiger partial charge in [0.15, 0.2) is 5.96 Å². The molecule has 1 aromatic carbocycles. The molecule has 0 bridgehead atoms. The summed E-state index contributed by atoms with van der Waals surface area (Å²) in [6.45, 7) is 1.74. The minimum atomic E-state index is -0.197. The zero-order chi connectivity index (χ0) is 19.1. The van der Waals surface area contributed by atoms with Crippen molar-refractivity contribution in [3.05, 3.63) is 57.8 Å². The Morgan fingerprint density at radius 2 is 1.92 bits per heavy atom. The fourth-order valence-electron chi connectivity index (χ4n) is 2.45. The molecule has 0 saturated heterocycles. The number of carbonyl (C=O) groups is 1. The summed E-state index contributed by atoms with van der Waals surface area (Å²) in [4.78, 5) is 18.4. The van der Waals surface area contributed by atoms with Crippen molar-refractivity contribution in [3.63, 3.8) is 0 Å².